The number of hydrogen-bond acceptors (Lipinski definition) is 5. The first-order valence-electron chi connectivity index (χ1n) is 13.6. The zero-order valence-electron chi connectivity index (χ0n) is 22.6. The number of rotatable bonds is 10. The SMILES string of the molecule is O=C(/C=C/C1=CCC=C1)c1ccc(OCc2cn(C3C(=O)N(c4ccc(Cl)cc4)[C@@H]3/C=C/c3ccccc3)nn2)cc1. The smallest absolute Gasteiger partial charge is 0.255 e. The Morgan fingerprint density at radius 1 is 1.00 bits per heavy atom. The summed E-state index contributed by atoms with van der Waals surface area (Å²) in [4.78, 5) is 27.6. The van der Waals surface area contributed by atoms with E-state index in [9.17, 15) is 9.59 Å². The number of carbonyl (C=O) groups is 2. The Labute approximate surface area is 248 Å². The van der Waals surface area contributed by atoms with Gasteiger partial charge in [-0.25, -0.2) is 4.68 Å². The molecule has 4 aromatic rings. The van der Waals surface area contributed by atoms with Gasteiger partial charge in [0.1, 0.15) is 18.1 Å². The molecule has 208 valence electrons. The summed E-state index contributed by atoms with van der Waals surface area (Å²) in [5.74, 6) is 0.440. The van der Waals surface area contributed by atoms with E-state index in [2.05, 4.69) is 22.5 Å². The zero-order valence-corrected chi connectivity index (χ0v) is 23.3. The van der Waals surface area contributed by atoms with Crippen LogP contribution in [0.3, 0.4) is 0 Å². The predicted octanol–water partition coefficient (Wildman–Crippen LogP) is 6.81. The Balaban J connectivity index is 1.12. The van der Waals surface area contributed by atoms with Gasteiger partial charge < -0.3 is 9.64 Å². The lowest BCUT2D eigenvalue weighted by Crippen LogP contribution is -2.61. The van der Waals surface area contributed by atoms with Gasteiger partial charge in [-0.1, -0.05) is 83.6 Å². The number of nitrogens with zero attached hydrogens (tertiary/aromatic N) is 4. The van der Waals surface area contributed by atoms with Crippen LogP contribution in [-0.2, 0) is 11.4 Å². The normalized spacial score (nSPS) is 18.1. The molecule has 0 saturated carbocycles. The minimum absolute atomic E-state index is 0.0700. The van der Waals surface area contributed by atoms with Crippen LogP contribution in [0.1, 0.15) is 34.1 Å². The molecular weight excluding hydrogens is 548 g/mol. The summed E-state index contributed by atoms with van der Waals surface area (Å²) in [6.45, 7) is 0.167. The number of carbonyl (C=O) groups excluding carboxylic acids is 2. The highest BCUT2D eigenvalue weighted by molar-refractivity contribution is 6.30. The highest BCUT2D eigenvalue weighted by Gasteiger charge is 2.48. The molecule has 1 aromatic heterocycles. The molecule has 7 nitrogen and oxygen atoms in total. The van der Waals surface area contributed by atoms with Crippen molar-refractivity contribution in [2.75, 3.05) is 4.90 Å². The van der Waals surface area contributed by atoms with Gasteiger partial charge in [-0.15, -0.1) is 5.10 Å². The molecule has 6 rings (SSSR count). The number of aromatic nitrogens is 3. The van der Waals surface area contributed by atoms with E-state index in [4.69, 9.17) is 16.3 Å². The second-order valence-electron chi connectivity index (χ2n) is 9.93. The van der Waals surface area contributed by atoms with Gasteiger partial charge in [0.2, 0.25) is 0 Å². The van der Waals surface area contributed by atoms with Crippen molar-refractivity contribution in [2.24, 2.45) is 0 Å². The van der Waals surface area contributed by atoms with Crippen molar-refractivity contribution in [3.05, 3.63) is 149 Å². The second-order valence-corrected chi connectivity index (χ2v) is 10.4. The van der Waals surface area contributed by atoms with Crippen LogP contribution in [0, 0.1) is 0 Å². The van der Waals surface area contributed by atoms with Crippen LogP contribution in [0.15, 0.2) is 127 Å². The topological polar surface area (TPSA) is 77.3 Å². The molecule has 1 fully saturated rings. The molecule has 42 heavy (non-hydrogen) atoms. The lowest BCUT2D eigenvalue weighted by atomic mass is 9.92. The number of amides is 1. The standard InChI is InChI=1S/C34H27ClN4O3/c35-27-14-16-29(17-15-27)39-31(20-10-24-6-2-1-3-7-24)33(34(39)41)38-22-28(36-37-38)23-42-30-18-12-26(13-19-30)32(40)21-11-25-8-4-5-9-25/h1-4,6-22,31,33H,5,23H2/b20-10+,21-11+/t31-,33?/m1/s1. The number of β-lactam (4-membered cyclic amide) rings is 1. The fourth-order valence-electron chi connectivity index (χ4n) is 4.89. The molecule has 0 bridgehead atoms. The maximum Gasteiger partial charge on any atom is 0.255 e. The maximum absolute atomic E-state index is 13.4. The lowest BCUT2D eigenvalue weighted by molar-refractivity contribution is -0.128. The quantitative estimate of drug-likeness (QED) is 0.118. The van der Waals surface area contributed by atoms with Gasteiger partial charge in [0, 0.05) is 16.3 Å². The number of halogens is 1. The summed E-state index contributed by atoms with van der Waals surface area (Å²) in [6.07, 6.45) is 16.2. The minimum Gasteiger partial charge on any atom is -0.487 e. The van der Waals surface area contributed by atoms with Crippen molar-refractivity contribution < 1.29 is 14.3 Å². The van der Waals surface area contributed by atoms with Crippen LogP contribution < -0.4 is 9.64 Å². The number of benzene rings is 3. The van der Waals surface area contributed by atoms with Crippen molar-refractivity contribution in [1.82, 2.24) is 15.0 Å². The van der Waals surface area contributed by atoms with Crippen LogP contribution in [0.25, 0.3) is 6.08 Å². The summed E-state index contributed by atoms with van der Waals surface area (Å²) >= 11 is 6.08. The van der Waals surface area contributed by atoms with Crippen molar-refractivity contribution in [1.29, 1.82) is 0 Å². The highest BCUT2D eigenvalue weighted by Crippen LogP contribution is 2.37. The summed E-state index contributed by atoms with van der Waals surface area (Å²) in [5.41, 5.74) is 3.99. The molecule has 1 saturated heterocycles. The van der Waals surface area contributed by atoms with E-state index in [0.29, 0.717) is 22.0 Å². The Bertz CT molecular complexity index is 1700. The van der Waals surface area contributed by atoms with Crippen LogP contribution in [-0.4, -0.2) is 32.7 Å². The van der Waals surface area contributed by atoms with E-state index in [1.807, 2.05) is 66.8 Å². The van der Waals surface area contributed by atoms with Crippen LogP contribution in [0.2, 0.25) is 5.02 Å². The van der Waals surface area contributed by atoms with E-state index in [0.717, 1.165) is 23.2 Å². The number of ether oxygens (including phenoxy) is 1. The summed E-state index contributed by atoms with van der Waals surface area (Å²) in [5, 5.41) is 9.11. The molecule has 1 aliphatic carbocycles. The van der Waals surface area contributed by atoms with E-state index in [1.54, 1.807) is 58.3 Å². The fourth-order valence-corrected chi connectivity index (χ4v) is 5.01. The first-order chi connectivity index (χ1) is 20.5. The number of allylic oxidation sites excluding steroid dienone is 6. The monoisotopic (exact) mass is 574 g/mol. The van der Waals surface area contributed by atoms with Gasteiger partial charge in [0.15, 0.2) is 11.8 Å². The Kier molecular flexibility index (Phi) is 7.92. The molecule has 1 unspecified atom stereocenters. The first kappa shape index (κ1) is 27.2. The molecule has 3 aromatic carbocycles. The average molecular weight is 575 g/mol. The third kappa shape index (κ3) is 6.01. The third-order valence-electron chi connectivity index (χ3n) is 7.10. The Morgan fingerprint density at radius 2 is 1.79 bits per heavy atom. The molecule has 2 aliphatic rings. The lowest BCUT2D eigenvalue weighted by Gasteiger charge is -2.45. The molecule has 0 radical (unpaired) electrons. The molecule has 8 heteroatoms. The fraction of sp³-hybridized carbons (Fsp3) is 0.118. The molecule has 2 heterocycles. The molecule has 1 amide bonds. The summed E-state index contributed by atoms with van der Waals surface area (Å²) in [6, 6.07) is 23.3. The molecule has 2 atom stereocenters. The number of anilines is 1. The number of ketones is 1. The third-order valence-corrected chi connectivity index (χ3v) is 7.35. The van der Waals surface area contributed by atoms with E-state index >= 15 is 0 Å². The summed E-state index contributed by atoms with van der Waals surface area (Å²) in [7, 11) is 0. The van der Waals surface area contributed by atoms with Gasteiger partial charge >= 0.3 is 0 Å². The molecular formula is C34H27ClN4O3. The van der Waals surface area contributed by atoms with Gasteiger partial charge in [-0.05, 0) is 72.2 Å². The Hall–Kier alpha value is -5.01. The number of hydrogen-bond donors (Lipinski definition) is 0. The molecule has 0 N–H and O–H groups in total. The van der Waals surface area contributed by atoms with Crippen LogP contribution >= 0.6 is 11.6 Å². The van der Waals surface area contributed by atoms with E-state index < -0.39 is 6.04 Å². The highest BCUT2D eigenvalue weighted by atomic mass is 35.5. The molecule has 1 aliphatic heterocycles. The average Bonchev–Trinajstić information content (AvgIpc) is 3.71. The van der Waals surface area contributed by atoms with Crippen molar-refractivity contribution in [3.63, 3.8) is 0 Å². The van der Waals surface area contributed by atoms with E-state index in [-0.39, 0.29) is 24.3 Å². The first-order valence-corrected chi connectivity index (χ1v) is 14.0. The predicted molar refractivity (Wildman–Crippen MR) is 163 cm³/mol. The van der Waals surface area contributed by atoms with Crippen molar-refractivity contribution in [2.45, 2.75) is 25.1 Å². The van der Waals surface area contributed by atoms with Gasteiger partial charge in [0.05, 0.1) is 12.2 Å². The van der Waals surface area contributed by atoms with Crippen LogP contribution in [0.5, 0.6) is 5.75 Å². The van der Waals surface area contributed by atoms with E-state index in [1.165, 1.54) is 0 Å². The van der Waals surface area contributed by atoms with Crippen molar-refractivity contribution >= 4 is 35.1 Å². The summed E-state index contributed by atoms with van der Waals surface area (Å²) < 4.78 is 7.48. The maximum atomic E-state index is 13.4. The largest absolute Gasteiger partial charge is 0.487 e. The van der Waals surface area contributed by atoms with Crippen molar-refractivity contribution in [3.8, 4) is 5.75 Å². The zero-order chi connectivity index (χ0) is 28.9. The van der Waals surface area contributed by atoms with Gasteiger partial charge in [-0.3, -0.25) is 9.59 Å². The minimum atomic E-state index is -0.546. The Morgan fingerprint density at radius 3 is 2.52 bits per heavy atom. The second kappa shape index (κ2) is 12.2. The van der Waals surface area contributed by atoms with Gasteiger partial charge in [-0.2, -0.15) is 0 Å². The van der Waals surface area contributed by atoms with Gasteiger partial charge in [0.25, 0.3) is 5.91 Å². The molecule has 0 spiro atoms. The van der Waals surface area contributed by atoms with Crippen LogP contribution in [0.4, 0.5) is 5.69 Å².